The van der Waals surface area contributed by atoms with Crippen molar-refractivity contribution in [3.63, 3.8) is 0 Å². The summed E-state index contributed by atoms with van der Waals surface area (Å²) in [4.78, 5) is 0. The van der Waals surface area contributed by atoms with E-state index in [4.69, 9.17) is 9.52 Å². The summed E-state index contributed by atoms with van der Waals surface area (Å²) in [5.74, 6) is 0.633. The lowest BCUT2D eigenvalue weighted by molar-refractivity contribution is 0.281. The highest BCUT2D eigenvalue weighted by molar-refractivity contribution is 7.88. The van der Waals surface area contributed by atoms with Gasteiger partial charge in [0, 0.05) is 19.2 Å². The molecule has 2 aromatic rings. The highest BCUT2D eigenvalue weighted by atomic mass is 32.2. The molecule has 0 spiro atoms. The molecule has 0 aliphatic rings. The minimum absolute atomic E-state index is 0.0890. The molecule has 0 radical (unpaired) electrons. The molecule has 2 rings (SSSR count). The fraction of sp³-hybridized carbons (Fsp3) is 0.333. The first kappa shape index (κ1) is 15.8. The average Bonchev–Trinajstić information content (AvgIpc) is 2.84. The summed E-state index contributed by atoms with van der Waals surface area (Å²) in [5.41, 5.74) is 2.22. The summed E-state index contributed by atoms with van der Waals surface area (Å²) in [7, 11) is -1.87. The Hall–Kier alpha value is -1.63. The molecule has 21 heavy (non-hydrogen) atoms. The van der Waals surface area contributed by atoms with E-state index in [0.717, 1.165) is 11.3 Å². The fourth-order valence-corrected chi connectivity index (χ4v) is 3.21. The molecule has 0 amide bonds. The molecule has 1 heterocycles. The standard InChI is InChI=1S/C15H19NO4S/c1-12-15(6-7-20-12)9-16(2)21(18,19)11-14-5-3-4-13(8-14)10-17/h3-8,17H,9-11H2,1-2H3. The van der Waals surface area contributed by atoms with Gasteiger partial charge < -0.3 is 9.52 Å². The number of hydrogen-bond acceptors (Lipinski definition) is 4. The average molecular weight is 309 g/mol. The highest BCUT2D eigenvalue weighted by Crippen LogP contribution is 2.16. The van der Waals surface area contributed by atoms with E-state index in [9.17, 15) is 8.42 Å². The number of nitrogens with zero attached hydrogens (tertiary/aromatic N) is 1. The van der Waals surface area contributed by atoms with Crippen LogP contribution in [0.15, 0.2) is 41.0 Å². The summed E-state index contributed by atoms with van der Waals surface area (Å²) in [6, 6.07) is 8.72. The Morgan fingerprint density at radius 2 is 1.95 bits per heavy atom. The van der Waals surface area contributed by atoms with Gasteiger partial charge in [0.25, 0.3) is 0 Å². The first-order chi connectivity index (χ1) is 9.92. The summed E-state index contributed by atoms with van der Waals surface area (Å²) in [6.45, 7) is 1.99. The Morgan fingerprint density at radius 3 is 2.57 bits per heavy atom. The fourth-order valence-electron chi connectivity index (χ4n) is 2.05. The van der Waals surface area contributed by atoms with Crippen molar-refractivity contribution in [2.24, 2.45) is 0 Å². The molecule has 1 aromatic carbocycles. The van der Waals surface area contributed by atoms with Crippen LogP contribution in [-0.2, 0) is 28.9 Å². The first-order valence-corrected chi connectivity index (χ1v) is 8.19. The maximum atomic E-state index is 12.4. The third-order valence-electron chi connectivity index (χ3n) is 3.36. The summed E-state index contributed by atoms with van der Waals surface area (Å²) < 4.78 is 31.2. The van der Waals surface area contributed by atoms with E-state index >= 15 is 0 Å². The van der Waals surface area contributed by atoms with Crippen LogP contribution >= 0.6 is 0 Å². The molecule has 0 aliphatic carbocycles. The Bertz CT molecular complexity index is 706. The number of aliphatic hydroxyl groups excluding tert-OH is 1. The lowest BCUT2D eigenvalue weighted by Crippen LogP contribution is -2.27. The van der Waals surface area contributed by atoms with E-state index in [1.807, 2.05) is 0 Å². The van der Waals surface area contributed by atoms with Crippen molar-refractivity contribution >= 4 is 10.0 Å². The lowest BCUT2D eigenvalue weighted by atomic mass is 10.1. The molecule has 0 bridgehead atoms. The van der Waals surface area contributed by atoms with Gasteiger partial charge in [0.15, 0.2) is 0 Å². The number of sulfonamides is 1. The predicted molar refractivity (Wildman–Crippen MR) is 79.9 cm³/mol. The van der Waals surface area contributed by atoms with Gasteiger partial charge in [0.05, 0.1) is 18.6 Å². The van der Waals surface area contributed by atoms with Crippen LogP contribution in [0.25, 0.3) is 0 Å². The Kier molecular flexibility index (Phi) is 4.82. The van der Waals surface area contributed by atoms with E-state index in [0.29, 0.717) is 11.1 Å². The van der Waals surface area contributed by atoms with E-state index < -0.39 is 10.0 Å². The van der Waals surface area contributed by atoms with Gasteiger partial charge in [0.1, 0.15) is 5.76 Å². The van der Waals surface area contributed by atoms with Gasteiger partial charge in [-0.2, -0.15) is 0 Å². The van der Waals surface area contributed by atoms with Crippen LogP contribution in [0, 0.1) is 6.92 Å². The number of aryl methyl sites for hydroxylation is 1. The Labute approximate surface area is 124 Å². The van der Waals surface area contributed by atoms with Gasteiger partial charge in [0.2, 0.25) is 10.0 Å². The molecule has 114 valence electrons. The molecular formula is C15H19NO4S. The minimum Gasteiger partial charge on any atom is -0.469 e. The number of furan rings is 1. The molecule has 1 aromatic heterocycles. The second-order valence-electron chi connectivity index (χ2n) is 4.99. The van der Waals surface area contributed by atoms with Crippen LogP contribution in [0.3, 0.4) is 0 Å². The molecule has 0 atom stereocenters. The maximum Gasteiger partial charge on any atom is 0.218 e. The molecule has 0 unspecified atom stereocenters. The van der Waals surface area contributed by atoms with Crippen LogP contribution < -0.4 is 0 Å². The van der Waals surface area contributed by atoms with Crippen molar-refractivity contribution in [1.82, 2.24) is 4.31 Å². The second-order valence-corrected chi connectivity index (χ2v) is 7.07. The van der Waals surface area contributed by atoms with Crippen LogP contribution in [0.1, 0.15) is 22.5 Å². The molecule has 1 N–H and O–H groups in total. The summed E-state index contributed by atoms with van der Waals surface area (Å²) in [5, 5.41) is 9.10. The second kappa shape index (κ2) is 6.43. The van der Waals surface area contributed by atoms with E-state index in [2.05, 4.69) is 0 Å². The zero-order valence-corrected chi connectivity index (χ0v) is 12.9. The minimum atomic E-state index is -3.42. The van der Waals surface area contributed by atoms with Gasteiger partial charge in [-0.15, -0.1) is 0 Å². The van der Waals surface area contributed by atoms with E-state index in [1.54, 1.807) is 50.6 Å². The van der Waals surface area contributed by atoms with Gasteiger partial charge >= 0.3 is 0 Å². The van der Waals surface area contributed by atoms with Crippen molar-refractivity contribution in [1.29, 1.82) is 0 Å². The van der Waals surface area contributed by atoms with Gasteiger partial charge in [-0.05, 0) is 24.1 Å². The van der Waals surface area contributed by atoms with Gasteiger partial charge in [-0.25, -0.2) is 12.7 Å². The van der Waals surface area contributed by atoms with Crippen LogP contribution in [-0.4, -0.2) is 24.9 Å². The SMILES string of the molecule is Cc1occc1CN(C)S(=O)(=O)Cc1cccc(CO)c1. The predicted octanol–water partition coefficient (Wildman–Crippen LogP) is 2.04. The molecule has 0 aliphatic heterocycles. The third kappa shape index (κ3) is 3.93. The smallest absolute Gasteiger partial charge is 0.218 e. The molecule has 0 saturated carbocycles. The summed E-state index contributed by atoms with van der Waals surface area (Å²) >= 11 is 0. The lowest BCUT2D eigenvalue weighted by Gasteiger charge is -2.17. The van der Waals surface area contributed by atoms with Gasteiger partial charge in [-0.1, -0.05) is 24.3 Å². The van der Waals surface area contributed by atoms with Crippen molar-refractivity contribution in [3.05, 3.63) is 59.0 Å². The quantitative estimate of drug-likeness (QED) is 0.886. The highest BCUT2D eigenvalue weighted by Gasteiger charge is 2.20. The molecule has 0 saturated heterocycles. The van der Waals surface area contributed by atoms with Crippen molar-refractivity contribution < 1.29 is 17.9 Å². The molecule has 5 nitrogen and oxygen atoms in total. The van der Waals surface area contributed by atoms with Crippen LogP contribution in [0.2, 0.25) is 0 Å². The zero-order chi connectivity index (χ0) is 15.5. The number of aliphatic hydroxyl groups is 1. The number of hydrogen-bond donors (Lipinski definition) is 1. The Balaban J connectivity index is 2.12. The normalized spacial score (nSPS) is 12.0. The van der Waals surface area contributed by atoms with Crippen LogP contribution in [0.4, 0.5) is 0 Å². The number of rotatable bonds is 6. The third-order valence-corrected chi connectivity index (χ3v) is 5.13. The number of benzene rings is 1. The topological polar surface area (TPSA) is 70.8 Å². The monoisotopic (exact) mass is 309 g/mol. The van der Waals surface area contributed by atoms with Crippen molar-refractivity contribution in [2.75, 3.05) is 7.05 Å². The van der Waals surface area contributed by atoms with Gasteiger partial charge in [-0.3, -0.25) is 0 Å². The first-order valence-electron chi connectivity index (χ1n) is 6.58. The van der Waals surface area contributed by atoms with Crippen molar-refractivity contribution in [3.8, 4) is 0 Å². The van der Waals surface area contributed by atoms with E-state index in [-0.39, 0.29) is 18.9 Å². The van der Waals surface area contributed by atoms with Crippen molar-refractivity contribution in [2.45, 2.75) is 25.8 Å². The molecule has 0 fully saturated rings. The maximum absolute atomic E-state index is 12.4. The Morgan fingerprint density at radius 1 is 1.24 bits per heavy atom. The van der Waals surface area contributed by atoms with Crippen LogP contribution in [0.5, 0.6) is 0 Å². The van der Waals surface area contributed by atoms with E-state index in [1.165, 1.54) is 4.31 Å². The zero-order valence-electron chi connectivity index (χ0n) is 12.1. The summed E-state index contributed by atoms with van der Waals surface area (Å²) in [6.07, 6.45) is 1.55. The molecule has 6 heteroatoms. The molecular weight excluding hydrogens is 290 g/mol. The largest absolute Gasteiger partial charge is 0.469 e.